The van der Waals surface area contributed by atoms with Crippen LogP contribution >= 0.6 is 11.8 Å². The van der Waals surface area contributed by atoms with Crippen molar-refractivity contribution in [2.24, 2.45) is 16.6 Å². The van der Waals surface area contributed by atoms with E-state index in [1.54, 1.807) is 11.8 Å². The van der Waals surface area contributed by atoms with Gasteiger partial charge in [-0.15, -0.1) is 0 Å². The summed E-state index contributed by atoms with van der Waals surface area (Å²) in [6, 6.07) is 9.03. The Morgan fingerprint density at radius 1 is 1.40 bits per heavy atom. The van der Waals surface area contributed by atoms with Gasteiger partial charge < -0.3 is 15.7 Å². The van der Waals surface area contributed by atoms with E-state index in [0.717, 1.165) is 0 Å². The molecule has 2 aromatic rings. The molecule has 5 rings (SSSR count). The van der Waals surface area contributed by atoms with Crippen molar-refractivity contribution in [3.63, 3.8) is 0 Å². The van der Waals surface area contributed by atoms with E-state index in [2.05, 4.69) is 9.98 Å². The summed E-state index contributed by atoms with van der Waals surface area (Å²) in [7, 11) is 0. The molecule has 1 aromatic heterocycles. The number of pyridine rings is 1. The number of β-amino-alcohol motifs (C(OH)–C–C–N with tert-alkyl or cyclic N) is 1. The maximum Gasteiger partial charge on any atom is 0.239 e. The summed E-state index contributed by atoms with van der Waals surface area (Å²) in [4.78, 5) is 23.5. The molecule has 1 saturated carbocycles. The minimum atomic E-state index is -1.11. The normalized spacial score (nSPS) is 29.9. The molecule has 0 bridgehead atoms. The van der Waals surface area contributed by atoms with Crippen molar-refractivity contribution in [3.05, 3.63) is 64.7 Å². The number of hydrogen-bond acceptors (Lipinski definition) is 7. The lowest BCUT2D eigenvalue weighted by Crippen LogP contribution is -2.45. The lowest BCUT2D eigenvalue weighted by atomic mass is 9.84. The number of likely N-dealkylation sites (tertiary alicyclic amines) is 1. The Balaban J connectivity index is 1.47. The third kappa shape index (κ3) is 3.98. The number of nitrogens with two attached hydrogens (primary N) is 1. The summed E-state index contributed by atoms with van der Waals surface area (Å²) in [5.41, 5.74) is 6.04. The van der Waals surface area contributed by atoms with Crippen LogP contribution in [0.1, 0.15) is 42.1 Å². The Morgan fingerprint density at radius 3 is 2.86 bits per heavy atom. The highest BCUT2D eigenvalue weighted by Gasteiger charge is 2.71. The van der Waals surface area contributed by atoms with Crippen molar-refractivity contribution >= 4 is 34.7 Å². The maximum absolute atomic E-state index is 15.1. The summed E-state index contributed by atoms with van der Waals surface area (Å²) in [6.45, 7) is 2.50. The molecule has 35 heavy (non-hydrogen) atoms. The fraction of sp³-hybridized carbons (Fsp3) is 0.360. The Labute approximate surface area is 205 Å². The van der Waals surface area contributed by atoms with Crippen LogP contribution in [0.25, 0.3) is 11.9 Å². The number of halogens is 2. The number of aliphatic hydroxyl groups is 1. The molecule has 3 N–H and O–H groups in total. The van der Waals surface area contributed by atoms with E-state index in [0.29, 0.717) is 30.5 Å². The SMILES string of the molecule is C[C@]1(c2cc(/C=C(\F)c3ccc(C#N)cn3)ccc2F)N=C(N)S[C@@]2(C(=O)N3CCC(O)C3)C[C@H]21. The molecular weight excluding hydrogens is 472 g/mol. The van der Waals surface area contributed by atoms with Crippen molar-refractivity contribution in [2.45, 2.75) is 36.2 Å². The third-order valence-electron chi connectivity index (χ3n) is 7.00. The van der Waals surface area contributed by atoms with Gasteiger partial charge in [0.15, 0.2) is 5.17 Å². The van der Waals surface area contributed by atoms with E-state index in [4.69, 9.17) is 11.0 Å². The molecule has 1 aromatic carbocycles. The van der Waals surface area contributed by atoms with Crippen LogP contribution in [-0.4, -0.2) is 50.0 Å². The Kier molecular flexibility index (Phi) is 5.65. The van der Waals surface area contributed by atoms with Crippen LogP contribution < -0.4 is 5.73 Å². The number of aliphatic hydroxyl groups excluding tert-OH is 1. The van der Waals surface area contributed by atoms with Gasteiger partial charge in [-0.1, -0.05) is 17.8 Å². The number of carbonyl (C=O) groups is 1. The van der Waals surface area contributed by atoms with Crippen molar-refractivity contribution < 1.29 is 18.7 Å². The number of benzene rings is 1. The molecule has 1 amide bonds. The molecule has 3 heterocycles. The van der Waals surface area contributed by atoms with Crippen LogP contribution in [0.4, 0.5) is 8.78 Å². The van der Waals surface area contributed by atoms with Gasteiger partial charge in [-0.05, 0) is 55.7 Å². The van der Waals surface area contributed by atoms with Gasteiger partial charge in [0, 0.05) is 30.8 Å². The quantitative estimate of drug-likeness (QED) is 0.673. The number of hydrogen-bond donors (Lipinski definition) is 2. The lowest BCUT2D eigenvalue weighted by Gasteiger charge is -2.35. The van der Waals surface area contributed by atoms with Crippen molar-refractivity contribution in [1.29, 1.82) is 5.26 Å². The molecule has 0 radical (unpaired) electrons. The highest BCUT2D eigenvalue weighted by Crippen LogP contribution is 2.66. The van der Waals surface area contributed by atoms with Gasteiger partial charge >= 0.3 is 0 Å². The van der Waals surface area contributed by atoms with E-state index in [-0.39, 0.29) is 34.8 Å². The highest BCUT2D eigenvalue weighted by molar-refractivity contribution is 8.15. The van der Waals surface area contributed by atoms with Gasteiger partial charge in [0.1, 0.15) is 22.5 Å². The first-order valence-electron chi connectivity index (χ1n) is 11.2. The van der Waals surface area contributed by atoms with Gasteiger partial charge in [0.2, 0.25) is 5.91 Å². The first kappa shape index (κ1) is 23.5. The van der Waals surface area contributed by atoms with Gasteiger partial charge in [-0.3, -0.25) is 14.8 Å². The predicted octanol–water partition coefficient (Wildman–Crippen LogP) is 3.19. The summed E-state index contributed by atoms with van der Waals surface area (Å²) in [5, 5.41) is 19.0. The molecule has 10 heteroatoms. The lowest BCUT2D eigenvalue weighted by molar-refractivity contribution is -0.131. The van der Waals surface area contributed by atoms with Crippen molar-refractivity contribution in [3.8, 4) is 6.07 Å². The smallest absolute Gasteiger partial charge is 0.239 e. The maximum atomic E-state index is 15.1. The van der Waals surface area contributed by atoms with E-state index < -0.39 is 28.0 Å². The van der Waals surface area contributed by atoms with Crippen LogP contribution in [0.2, 0.25) is 0 Å². The number of nitrogens with zero attached hydrogens (tertiary/aromatic N) is 4. The Morgan fingerprint density at radius 2 is 2.20 bits per heavy atom. The number of carbonyl (C=O) groups excluding carboxylic acids is 1. The molecular formula is C25H23F2N5O2S. The van der Waals surface area contributed by atoms with E-state index in [1.807, 2.05) is 6.07 Å². The largest absolute Gasteiger partial charge is 0.391 e. The Hall–Kier alpha value is -3.29. The first-order chi connectivity index (χ1) is 16.7. The topological polar surface area (TPSA) is 116 Å². The monoisotopic (exact) mass is 495 g/mol. The Bertz CT molecular complexity index is 1310. The van der Waals surface area contributed by atoms with E-state index in [9.17, 15) is 14.3 Å². The molecule has 3 aliphatic rings. The van der Waals surface area contributed by atoms with E-state index in [1.165, 1.54) is 54.4 Å². The zero-order valence-corrected chi connectivity index (χ0v) is 19.7. The van der Waals surface area contributed by atoms with Crippen LogP contribution in [0.3, 0.4) is 0 Å². The number of nitriles is 1. The minimum absolute atomic E-state index is 0.0528. The number of rotatable bonds is 4. The molecule has 0 spiro atoms. The third-order valence-corrected chi connectivity index (χ3v) is 8.29. The zero-order chi connectivity index (χ0) is 25.0. The van der Waals surface area contributed by atoms with Crippen molar-refractivity contribution in [1.82, 2.24) is 9.88 Å². The second-order valence-corrected chi connectivity index (χ2v) is 10.7. The summed E-state index contributed by atoms with van der Waals surface area (Å²) in [5.74, 6) is -1.56. The number of aliphatic imine (C=N–C) groups is 1. The average molecular weight is 496 g/mol. The van der Waals surface area contributed by atoms with Crippen LogP contribution in [0.15, 0.2) is 41.5 Å². The second-order valence-electron chi connectivity index (χ2n) is 9.31. The fourth-order valence-electron chi connectivity index (χ4n) is 5.09. The molecule has 180 valence electrons. The fourth-order valence-corrected chi connectivity index (χ4v) is 6.54. The average Bonchev–Trinajstić information content (AvgIpc) is 3.44. The molecule has 7 nitrogen and oxygen atoms in total. The molecule has 2 aliphatic heterocycles. The highest BCUT2D eigenvalue weighted by atomic mass is 32.2. The molecule has 1 saturated heterocycles. The number of amidine groups is 1. The number of thioether (sulfide) groups is 1. The van der Waals surface area contributed by atoms with Gasteiger partial charge in [0.25, 0.3) is 0 Å². The number of fused-ring (bicyclic) bond motifs is 1. The van der Waals surface area contributed by atoms with Gasteiger partial charge in [-0.25, -0.2) is 8.78 Å². The van der Waals surface area contributed by atoms with Crippen LogP contribution in [0, 0.1) is 23.1 Å². The zero-order valence-electron chi connectivity index (χ0n) is 18.9. The van der Waals surface area contributed by atoms with Crippen LogP contribution in [-0.2, 0) is 10.3 Å². The summed E-state index contributed by atoms with van der Waals surface area (Å²) < 4.78 is 29.1. The van der Waals surface area contributed by atoms with Gasteiger partial charge in [0.05, 0.1) is 22.9 Å². The molecule has 4 atom stereocenters. The number of amides is 1. The van der Waals surface area contributed by atoms with Crippen molar-refractivity contribution in [2.75, 3.05) is 13.1 Å². The molecule has 1 unspecified atom stereocenters. The summed E-state index contributed by atoms with van der Waals surface area (Å²) >= 11 is 1.21. The van der Waals surface area contributed by atoms with E-state index >= 15 is 4.39 Å². The van der Waals surface area contributed by atoms with Gasteiger partial charge in [-0.2, -0.15) is 5.26 Å². The molecule has 1 aliphatic carbocycles. The number of aromatic nitrogens is 1. The minimum Gasteiger partial charge on any atom is -0.391 e. The molecule has 2 fully saturated rings. The van der Waals surface area contributed by atoms with Crippen LogP contribution in [0.5, 0.6) is 0 Å². The predicted molar refractivity (Wildman–Crippen MR) is 129 cm³/mol. The summed E-state index contributed by atoms with van der Waals surface area (Å²) in [6.07, 6.45) is 2.98. The first-order valence-corrected chi connectivity index (χ1v) is 12.0. The second kappa shape index (κ2) is 8.43. The standard InChI is InChI=1S/C25H23F2N5O2S/c1-24(21-10-25(21,35-23(29)31-24)22(34)32-7-6-16(33)13-32)17-8-14(2-4-18(17)26)9-19(27)20-5-3-15(11-28)12-30-20/h2-5,8-9,12,16,21,33H,6-7,10,13H2,1H3,(H2,29,31)/b19-9-/t16?,21-,24+,25-/m0/s1.